The van der Waals surface area contributed by atoms with Crippen molar-refractivity contribution in [2.45, 2.75) is 46.4 Å². The van der Waals surface area contributed by atoms with E-state index in [-0.39, 0.29) is 30.1 Å². The summed E-state index contributed by atoms with van der Waals surface area (Å²) in [5, 5.41) is 6.71. The highest BCUT2D eigenvalue weighted by molar-refractivity contribution is 14.0. The van der Waals surface area contributed by atoms with Gasteiger partial charge in [0, 0.05) is 49.2 Å². The largest absolute Gasteiger partial charge is 0.494 e. The van der Waals surface area contributed by atoms with Crippen LogP contribution < -0.4 is 20.1 Å². The van der Waals surface area contributed by atoms with Crippen LogP contribution >= 0.6 is 24.0 Å². The molecular weight excluding hydrogens is 531 g/mol. The lowest BCUT2D eigenvalue weighted by molar-refractivity contribution is 0.254. The van der Waals surface area contributed by atoms with Gasteiger partial charge in [-0.25, -0.2) is 15.0 Å². The molecule has 0 spiro atoms. The van der Waals surface area contributed by atoms with E-state index < -0.39 is 0 Å². The molecule has 2 aromatic heterocycles. The van der Waals surface area contributed by atoms with Crippen molar-refractivity contribution in [2.24, 2.45) is 4.99 Å². The molecule has 1 aliphatic rings. The van der Waals surface area contributed by atoms with Gasteiger partial charge in [-0.3, -0.25) is 4.57 Å². The smallest absolute Gasteiger partial charge is 0.191 e. The zero-order valence-electron chi connectivity index (χ0n) is 19.2. The summed E-state index contributed by atoms with van der Waals surface area (Å²) in [6, 6.07) is 8.18. The molecule has 8 nitrogen and oxygen atoms in total. The van der Waals surface area contributed by atoms with Crippen LogP contribution in [0.3, 0.4) is 0 Å². The van der Waals surface area contributed by atoms with E-state index in [9.17, 15) is 0 Å². The van der Waals surface area contributed by atoms with Crippen molar-refractivity contribution in [1.29, 1.82) is 0 Å². The van der Waals surface area contributed by atoms with E-state index in [1.165, 1.54) is 5.56 Å². The fourth-order valence-electron chi connectivity index (χ4n) is 3.66. The molecule has 0 fully saturated rings. The van der Waals surface area contributed by atoms with Crippen molar-refractivity contribution in [3.8, 4) is 17.3 Å². The number of fused-ring (bicyclic) bond motifs is 1. The Kier molecular flexibility index (Phi) is 8.93. The second-order valence-corrected chi connectivity index (χ2v) is 7.68. The van der Waals surface area contributed by atoms with Crippen LogP contribution in [-0.2, 0) is 19.5 Å². The molecule has 0 radical (unpaired) electrons. The Morgan fingerprint density at radius 1 is 1.27 bits per heavy atom. The van der Waals surface area contributed by atoms with Crippen molar-refractivity contribution in [3.63, 3.8) is 0 Å². The quantitative estimate of drug-likeness (QED) is 0.247. The average molecular weight is 562 g/mol. The number of aliphatic imine (C=N–C) groups is 1. The van der Waals surface area contributed by atoms with Gasteiger partial charge in [0.05, 0.1) is 13.2 Å². The Labute approximate surface area is 211 Å². The van der Waals surface area contributed by atoms with Gasteiger partial charge in [0.15, 0.2) is 5.96 Å². The first-order valence-electron chi connectivity index (χ1n) is 11.1. The second kappa shape index (κ2) is 11.9. The average Bonchev–Trinajstić information content (AvgIpc) is 3.45. The van der Waals surface area contributed by atoms with E-state index in [1.54, 1.807) is 12.5 Å². The third-order valence-corrected chi connectivity index (χ3v) is 5.17. The molecule has 0 saturated carbocycles. The maximum Gasteiger partial charge on any atom is 0.191 e. The normalized spacial score (nSPS) is 14.8. The molecule has 9 heteroatoms. The molecule has 1 atom stereocenters. The van der Waals surface area contributed by atoms with Crippen LogP contribution in [0.1, 0.15) is 37.5 Å². The molecule has 4 rings (SSSR count). The number of ether oxygens (including phenoxy) is 2. The van der Waals surface area contributed by atoms with Crippen LogP contribution in [0.25, 0.3) is 5.82 Å². The molecule has 1 unspecified atom stereocenters. The number of halogens is 1. The molecule has 0 amide bonds. The van der Waals surface area contributed by atoms with Gasteiger partial charge >= 0.3 is 0 Å². The number of aromatic nitrogens is 3. The monoisotopic (exact) mass is 562 g/mol. The molecule has 0 saturated heterocycles. The lowest BCUT2D eigenvalue weighted by atomic mass is 10.1. The van der Waals surface area contributed by atoms with Gasteiger partial charge < -0.3 is 20.1 Å². The van der Waals surface area contributed by atoms with Crippen LogP contribution in [0, 0.1) is 0 Å². The Bertz CT molecular complexity index is 1050. The second-order valence-electron chi connectivity index (χ2n) is 7.68. The summed E-state index contributed by atoms with van der Waals surface area (Å²) >= 11 is 0. The van der Waals surface area contributed by atoms with Gasteiger partial charge in [-0.2, -0.15) is 0 Å². The van der Waals surface area contributed by atoms with Crippen LogP contribution in [0.4, 0.5) is 0 Å². The van der Waals surface area contributed by atoms with E-state index in [0.717, 1.165) is 47.4 Å². The van der Waals surface area contributed by atoms with Crippen molar-refractivity contribution in [1.82, 2.24) is 25.2 Å². The number of guanidine groups is 1. The first-order chi connectivity index (χ1) is 15.7. The van der Waals surface area contributed by atoms with Crippen molar-refractivity contribution < 1.29 is 9.47 Å². The third-order valence-electron chi connectivity index (χ3n) is 5.17. The predicted octanol–water partition coefficient (Wildman–Crippen LogP) is 3.86. The summed E-state index contributed by atoms with van der Waals surface area (Å²) in [6.07, 6.45) is 8.30. The van der Waals surface area contributed by atoms with Gasteiger partial charge in [-0.1, -0.05) is 6.07 Å². The standard InChI is InChI=1S/C24H30N6O2.HI/c1-4-26-24(28-14-18-6-7-23(27-13-18)30-9-8-25-16-30)29-15-20-12-22-19(10-17(3)32-22)11-21(20)31-5-2;/h6-9,11-13,16-17H,4-5,10,14-15H2,1-3H3,(H2,26,28,29);1H. The molecule has 176 valence electrons. The highest BCUT2D eigenvalue weighted by Crippen LogP contribution is 2.35. The SMILES string of the molecule is CCNC(=NCc1ccc(-n2ccnc2)nc1)NCc1cc2c(cc1OCC)CC(C)O2.I. The van der Waals surface area contributed by atoms with E-state index in [2.05, 4.69) is 46.6 Å². The maximum atomic E-state index is 5.93. The Balaban J connectivity index is 0.00000306. The van der Waals surface area contributed by atoms with Gasteiger partial charge in [-0.05, 0) is 44.5 Å². The van der Waals surface area contributed by atoms with Gasteiger partial charge in [0.25, 0.3) is 0 Å². The van der Waals surface area contributed by atoms with E-state index in [4.69, 9.17) is 14.5 Å². The van der Waals surface area contributed by atoms with Gasteiger partial charge in [0.2, 0.25) is 0 Å². The number of nitrogens with zero attached hydrogens (tertiary/aromatic N) is 4. The number of benzene rings is 1. The third kappa shape index (κ3) is 6.37. The molecule has 1 aromatic carbocycles. The molecule has 3 heterocycles. The fourth-order valence-corrected chi connectivity index (χ4v) is 3.66. The predicted molar refractivity (Wildman–Crippen MR) is 140 cm³/mol. The van der Waals surface area contributed by atoms with Crippen LogP contribution in [0.5, 0.6) is 11.5 Å². The van der Waals surface area contributed by atoms with Gasteiger partial charge in [-0.15, -0.1) is 24.0 Å². The number of hydrogen-bond donors (Lipinski definition) is 2. The Morgan fingerprint density at radius 3 is 2.85 bits per heavy atom. The van der Waals surface area contributed by atoms with Gasteiger partial charge in [0.1, 0.15) is 29.7 Å². The zero-order chi connectivity index (χ0) is 22.3. The molecule has 0 aliphatic carbocycles. The summed E-state index contributed by atoms with van der Waals surface area (Å²) in [6.45, 7) is 8.64. The van der Waals surface area contributed by atoms with Crippen LogP contribution in [0.2, 0.25) is 0 Å². The maximum absolute atomic E-state index is 5.93. The fraction of sp³-hybridized carbons (Fsp3) is 0.375. The molecule has 3 aromatic rings. The molecule has 1 aliphatic heterocycles. The number of imidazole rings is 1. The lowest BCUT2D eigenvalue weighted by Gasteiger charge is -2.15. The number of rotatable bonds is 8. The molecule has 33 heavy (non-hydrogen) atoms. The first-order valence-corrected chi connectivity index (χ1v) is 11.1. The summed E-state index contributed by atoms with van der Waals surface area (Å²) in [5.41, 5.74) is 3.29. The topological polar surface area (TPSA) is 85.6 Å². The summed E-state index contributed by atoms with van der Waals surface area (Å²) in [4.78, 5) is 13.3. The molecule has 2 N–H and O–H groups in total. The Hall–Kier alpha value is -2.82. The highest BCUT2D eigenvalue weighted by atomic mass is 127. The van der Waals surface area contributed by atoms with Crippen molar-refractivity contribution >= 4 is 29.9 Å². The zero-order valence-corrected chi connectivity index (χ0v) is 21.6. The summed E-state index contributed by atoms with van der Waals surface area (Å²) in [7, 11) is 0. The first kappa shape index (κ1) is 24.8. The van der Waals surface area contributed by atoms with E-state index in [1.807, 2.05) is 36.0 Å². The minimum atomic E-state index is 0. The number of pyridine rings is 1. The highest BCUT2D eigenvalue weighted by Gasteiger charge is 2.21. The summed E-state index contributed by atoms with van der Waals surface area (Å²) in [5.74, 6) is 3.41. The summed E-state index contributed by atoms with van der Waals surface area (Å²) < 4.78 is 13.7. The number of nitrogens with one attached hydrogen (secondary N) is 2. The van der Waals surface area contributed by atoms with Crippen molar-refractivity contribution in [3.05, 3.63) is 65.9 Å². The molecule has 0 bridgehead atoms. The van der Waals surface area contributed by atoms with E-state index in [0.29, 0.717) is 19.7 Å². The minimum Gasteiger partial charge on any atom is -0.494 e. The lowest BCUT2D eigenvalue weighted by Crippen LogP contribution is -2.36. The van der Waals surface area contributed by atoms with Crippen LogP contribution in [-0.4, -0.2) is 39.8 Å². The van der Waals surface area contributed by atoms with Crippen molar-refractivity contribution in [2.75, 3.05) is 13.2 Å². The molecular formula is C24H31IN6O2. The van der Waals surface area contributed by atoms with Crippen LogP contribution in [0.15, 0.2) is 54.2 Å². The Morgan fingerprint density at radius 2 is 2.15 bits per heavy atom. The number of hydrogen-bond acceptors (Lipinski definition) is 5. The minimum absolute atomic E-state index is 0. The van der Waals surface area contributed by atoms with E-state index >= 15 is 0 Å².